The van der Waals surface area contributed by atoms with E-state index in [1.165, 1.54) is 24.3 Å². The maximum absolute atomic E-state index is 12.0. The van der Waals surface area contributed by atoms with Crippen molar-refractivity contribution in [3.8, 4) is 120 Å². The zero-order chi connectivity index (χ0) is 39.1. The molecule has 18 heteroatoms. The van der Waals surface area contributed by atoms with Crippen LogP contribution in [0.3, 0.4) is 0 Å². The minimum atomic E-state index is -1.41. The lowest BCUT2D eigenvalue weighted by Gasteiger charge is -2.23. The first-order valence-corrected chi connectivity index (χ1v) is 15.1. The highest BCUT2D eigenvalue weighted by Gasteiger charge is 2.37. The van der Waals surface area contributed by atoms with Crippen LogP contribution in [0, 0.1) is 0 Å². The van der Waals surface area contributed by atoms with Crippen molar-refractivity contribution in [1.82, 2.24) is 0 Å². The second-order valence-corrected chi connectivity index (χ2v) is 12.2. The summed E-state index contributed by atoms with van der Waals surface area (Å²) in [7, 11) is 0. The lowest BCUT2D eigenvalue weighted by Crippen LogP contribution is -1.95. The lowest BCUT2D eigenvalue weighted by atomic mass is 9.82. The van der Waals surface area contributed by atoms with Gasteiger partial charge in [0.1, 0.15) is 11.5 Å². The maximum Gasteiger partial charge on any atom is 0.205 e. The van der Waals surface area contributed by atoms with Crippen molar-refractivity contribution >= 4 is 54.3 Å². The van der Waals surface area contributed by atoms with E-state index in [9.17, 15) is 86.8 Å². The number of phenolic OH excluding ortho intramolecular Hbond substituents is 17. The molecule has 0 radical (unpaired) electrons. The van der Waals surface area contributed by atoms with Gasteiger partial charge in [-0.05, 0) is 5.56 Å². The van der Waals surface area contributed by atoms with Crippen LogP contribution in [-0.2, 0) is 0 Å². The molecule has 8 aromatic rings. The first kappa shape index (κ1) is 32.9. The first-order valence-electron chi connectivity index (χ1n) is 15.1. The standard InChI is InChI=1S/C36H22O18/c37-18-13(26(45)34(53)36-17(18)16-19(38)14-15(27(46)35(16)54-36)25(44)33(52)32(51)24(14)43)8-11-9(20(39)28(47)30(49)22(11)41)7(6-4-2-1-3-5-6)10-12(8)23(42)31(50)29(48)21(10)40/h1-5,37-53H. The zero-order valence-electron chi connectivity index (χ0n) is 26.4. The number of hydrogen-bond acceptors (Lipinski definition) is 18. The van der Waals surface area contributed by atoms with E-state index in [2.05, 4.69) is 0 Å². The van der Waals surface area contributed by atoms with Crippen LogP contribution in [0.5, 0.6) is 97.7 Å². The molecule has 54 heavy (non-hydrogen) atoms. The number of hydrogen-bond donors (Lipinski definition) is 17. The third-order valence-corrected chi connectivity index (χ3v) is 9.49. The number of fused-ring (bicyclic) bond motifs is 6. The van der Waals surface area contributed by atoms with Crippen molar-refractivity contribution in [3.05, 3.63) is 30.3 Å². The van der Waals surface area contributed by atoms with E-state index >= 15 is 0 Å². The molecular formula is C36H22O18. The highest BCUT2D eigenvalue weighted by atomic mass is 16.4. The number of aromatic hydroxyl groups is 17. The monoisotopic (exact) mass is 742 g/mol. The van der Waals surface area contributed by atoms with Crippen LogP contribution in [0.15, 0.2) is 34.7 Å². The first-order chi connectivity index (χ1) is 25.4. The molecule has 1 aromatic heterocycles. The Balaban J connectivity index is 1.72. The van der Waals surface area contributed by atoms with Crippen LogP contribution >= 0.6 is 0 Å². The average Bonchev–Trinajstić information content (AvgIpc) is 3.58. The van der Waals surface area contributed by atoms with Gasteiger partial charge < -0.3 is 91.2 Å². The Bertz CT molecular complexity index is 2970. The van der Waals surface area contributed by atoms with Crippen molar-refractivity contribution < 1.29 is 91.2 Å². The molecule has 0 aliphatic rings. The van der Waals surface area contributed by atoms with E-state index in [-0.39, 0.29) is 11.1 Å². The van der Waals surface area contributed by atoms with Gasteiger partial charge in [0.15, 0.2) is 57.2 Å². The predicted molar refractivity (Wildman–Crippen MR) is 185 cm³/mol. The molecule has 0 unspecified atom stereocenters. The highest BCUT2D eigenvalue weighted by Crippen LogP contribution is 2.66. The van der Waals surface area contributed by atoms with Crippen molar-refractivity contribution in [3.63, 3.8) is 0 Å². The van der Waals surface area contributed by atoms with Crippen molar-refractivity contribution in [1.29, 1.82) is 0 Å². The number of phenols is 17. The maximum atomic E-state index is 12.0. The second kappa shape index (κ2) is 10.4. The van der Waals surface area contributed by atoms with Crippen LogP contribution in [-0.4, -0.2) is 86.8 Å². The molecular weight excluding hydrogens is 720 g/mol. The fraction of sp³-hybridized carbons (Fsp3) is 0. The largest absolute Gasteiger partial charge is 0.506 e. The fourth-order valence-electron chi connectivity index (χ4n) is 7.08. The molecule has 0 fully saturated rings. The summed E-state index contributed by atoms with van der Waals surface area (Å²) in [5, 5.41) is 181. The van der Waals surface area contributed by atoms with Crippen LogP contribution in [0.25, 0.3) is 76.5 Å². The molecule has 0 atom stereocenters. The van der Waals surface area contributed by atoms with Gasteiger partial charge in [-0.15, -0.1) is 0 Å². The molecule has 8 rings (SSSR count). The van der Waals surface area contributed by atoms with E-state index in [4.69, 9.17) is 4.42 Å². The van der Waals surface area contributed by atoms with E-state index in [0.717, 1.165) is 0 Å². The van der Waals surface area contributed by atoms with Crippen molar-refractivity contribution in [2.24, 2.45) is 0 Å². The van der Waals surface area contributed by atoms with Gasteiger partial charge in [0.05, 0.1) is 27.1 Å². The summed E-state index contributed by atoms with van der Waals surface area (Å²) >= 11 is 0. The minimum Gasteiger partial charge on any atom is -0.506 e. The Hall–Kier alpha value is -8.28. The van der Waals surface area contributed by atoms with Crippen LogP contribution in [0.4, 0.5) is 0 Å². The molecule has 0 spiro atoms. The SMILES string of the molecule is Oc1c(-c2c3c(O)c(O)c(O)c(O)c3c(-c3ccccc3)c3c(O)c(O)c(O)c(O)c23)c(O)c2c(oc3c(O)c4c(O)c(O)c(O)c(O)c4c(O)c32)c1O. The Morgan fingerprint density at radius 3 is 1.04 bits per heavy atom. The molecule has 0 aliphatic heterocycles. The molecule has 7 aromatic carbocycles. The molecule has 0 saturated carbocycles. The van der Waals surface area contributed by atoms with Crippen LogP contribution < -0.4 is 0 Å². The average molecular weight is 743 g/mol. The topological polar surface area (TPSA) is 357 Å². The van der Waals surface area contributed by atoms with Gasteiger partial charge in [0, 0.05) is 32.7 Å². The predicted octanol–water partition coefficient (Wildman–Crippen LogP) is 5.37. The Morgan fingerprint density at radius 1 is 0.241 bits per heavy atom. The third-order valence-electron chi connectivity index (χ3n) is 9.49. The Kier molecular flexibility index (Phi) is 6.33. The van der Waals surface area contributed by atoms with E-state index in [1.54, 1.807) is 6.07 Å². The summed E-state index contributed by atoms with van der Waals surface area (Å²) < 4.78 is 5.49. The summed E-state index contributed by atoms with van der Waals surface area (Å²) in [4.78, 5) is 0. The Labute approximate surface area is 295 Å². The Morgan fingerprint density at radius 2 is 0.593 bits per heavy atom. The van der Waals surface area contributed by atoms with Gasteiger partial charge in [0.25, 0.3) is 0 Å². The number of benzene rings is 7. The quantitative estimate of drug-likeness (QED) is 0.0600. The molecule has 0 amide bonds. The van der Waals surface area contributed by atoms with Crippen LogP contribution in [0.1, 0.15) is 0 Å². The molecule has 0 saturated heterocycles. The minimum absolute atomic E-state index is 0.0378. The summed E-state index contributed by atoms with van der Waals surface area (Å²) in [5.74, 6) is -22.2. The summed E-state index contributed by atoms with van der Waals surface area (Å²) in [5.41, 5.74) is -4.20. The van der Waals surface area contributed by atoms with E-state index in [1.807, 2.05) is 0 Å². The van der Waals surface area contributed by atoms with Gasteiger partial charge >= 0.3 is 0 Å². The van der Waals surface area contributed by atoms with Gasteiger partial charge in [-0.3, -0.25) is 0 Å². The highest BCUT2D eigenvalue weighted by molar-refractivity contribution is 6.32. The number of furan rings is 1. The fourth-order valence-corrected chi connectivity index (χ4v) is 7.08. The van der Waals surface area contributed by atoms with Crippen LogP contribution in [0.2, 0.25) is 0 Å². The van der Waals surface area contributed by atoms with Gasteiger partial charge in [0.2, 0.25) is 40.2 Å². The molecule has 18 nitrogen and oxygen atoms in total. The molecule has 1 heterocycles. The normalized spacial score (nSPS) is 11.9. The molecule has 274 valence electrons. The lowest BCUT2D eigenvalue weighted by molar-refractivity contribution is 0.349. The summed E-state index contributed by atoms with van der Waals surface area (Å²) in [6, 6.07) is 7.24. The van der Waals surface area contributed by atoms with Crippen molar-refractivity contribution in [2.45, 2.75) is 0 Å². The molecule has 0 aliphatic carbocycles. The summed E-state index contributed by atoms with van der Waals surface area (Å²) in [6.45, 7) is 0. The van der Waals surface area contributed by atoms with Gasteiger partial charge in [-0.2, -0.15) is 0 Å². The van der Waals surface area contributed by atoms with Gasteiger partial charge in [-0.25, -0.2) is 0 Å². The number of rotatable bonds is 2. The summed E-state index contributed by atoms with van der Waals surface area (Å²) in [6.07, 6.45) is 0. The van der Waals surface area contributed by atoms with E-state index < -0.39 is 163 Å². The molecule has 17 N–H and O–H groups in total. The van der Waals surface area contributed by atoms with Gasteiger partial charge in [-0.1, -0.05) is 30.3 Å². The smallest absolute Gasteiger partial charge is 0.205 e. The third kappa shape index (κ3) is 3.66. The molecule has 0 bridgehead atoms. The van der Waals surface area contributed by atoms with E-state index in [0.29, 0.717) is 0 Å². The zero-order valence-corrected chi connectivity index (χ0v) is 26.4. The second-order valence-electron chi connectivity index (χ2n) is 12.2. The van der Waals surface area contributed by atoms with Crippen molar-refractivity contribution in [2.75, 3.05) is 0 Å².